The van der Waals surface area contributed by atoms with Crippen molar-refractivity contribution in [1.82, 2.24) is 0 Å². The summed E-state index contributed by atoms with van der Waals surface area (Å²) in [5.74, 6) is -21.6. The van der Waals surface area contributed by atoms with Gasteiger partial charge in [0.05, 0.1) is 6.42 Å². The number of alkyl halides is 9. The summed E-state index contributed by atoms with van der Waals surface area (Å²) in [5.41, 5.74) is 0. The number of hydrogen-bond acceptors (Lipinski definition) is 1. The second-order valence-corrected chi connectivity index (χ2v) is 3.88. The maximum atomic E-state index is 13.4. The molecule has 1 heterocycles. The van der Waals surface area contributed by atoms with Gasteiger partial charge in [0.1, 0.15) is 0 Å². The van der Waals surface area contributed by atoms with E-state index >= 15 is 0 Å². The predicted octanol–water partition coefficient (Wildman–Crippen LogP) is 3.98. The van der Waals surface area contributed by atoms with Gasteiger partial charge in [0.2, 0.25) is 0 Å². The Morgan fingerprint density at radius 2 is 1.33 bits per heavy atom. The molecular weight excluding hydrogens is 283 g/mol. The van der Waals surface area contributed by atoms with E-state index in [1.54, 1.807) is 0 Å². The van der Waals surface area contributed by atoms with Gasteiger partial charge in [0.25, 0.3) is 11.8 Å². The number of rotatable bonds is 3. The molecule has 1 nitrogen and oxygen atoms in total. The lowest BCUT2D eigenvalue weighted by molar-refractivity contribution is -0.342. The van der Waals surface area contributed by atoms with Gasteiger partial charge in [-0.1, -0.05) is 6.92 Å². The van der Waals surface area contributed by atoms with Crippen LogP contribution in [0.4, 0.5) is 39.5 Å². The fourth-order valence-corrected chi connectivity index (χ4v) is 1.35. The van der Waals surface area contributed by atoms with E-state index in [-0.39, 0.29) is 0 Å². The van der Waals surface area contributed by atoms with Crippen molar-refractivity contribution in [3.8, 4) is 0 Å². The molecule has 0 aromatic rings. The minimum absolute atomic E-state index is 0.743. The van der Waals surface area contributed by atoms with Gasteiger partial charge in [-0.2, -0.15) is 26.3 Å². The Bertz CT molecular complexity index is 339. The van der Waals surface area contributed by atoms with Crippen LogP contribution in [-0.4, -0.2) is 29.7 Å². The zero-order valence-electron chi connectivity index (χ0n) is 8.72. The Balaban J connectivity index is 3.19. The van der Waals surface area contributed by atoms with Gasteiger partial charge < -0.3 is 0 Å². The Labute approximate surface area is 94.9 Å². The lowest BCUT2D eigenvalue weighted by atomic mass is 9.98. The van der Waals surface area contributed by atoms with Crippen molar-refractivity contribution in [2.45, 2.75) is 49.5 Å². The Hall–Kier alpha value is -0.670. The van der Waals surface area contributed by atoms with Gasteiger partial charge in [-0.25, -0.2) is 13.2 Å². The van der Waals surface area contributed by atoms with Crippen LogP contribution in [0, 0.1) is 0 Å². The molecule has 1 aliphatic heterocycles. The quantitative estimate of drug-likeness (QED) is 0.714. The van der Waals surface area contributed by atoms with Crippen LogP contribution in [0.3, 0.4) is 0 Å². The SMILES string of the molecule is CCC(F)(F)CC1(F)OC(F)(F)C(F)(F)C1(F)F. The lowest BCUT2D eigenvalue weighted by Gasteiger charge is -2.28. The molecule has 18 heavy (non-hydrogen) atoms. The molecule has 0 amide bonds. The van der Waals surface area contributed by atoms with E-state index in [2.05, 4.69) is 4.74 Å². The summed E-state index contributed by atoms with van der Waals surface area (Å²) in [5, 5.41) is 0. The average molecular weight is 290 g/mol. The van der Waals surface area contributed by atoms with Crippen molar-refractivity contribution >= 4 is 0 Å². The van der Waals surface area contributed by atoms with Crippen LogP contribution in [0.5, 0.6) is 0 Å². The van der Waals surface area contributed by atoms with Gasteiger partial charge in [-0.05, 0) is 0 Å². The molecule has 0 aromatic heterocycles. The van der Waals surface area contributed by atoms with Crippen LogP contribution in [0.2, 0.25) is 0 Å². The summed E-state index contributed by atoms with van der Waals surface area (Å²) in [6.07, 6.45) is -9.65. The first kappa shape index (κ1) is 15.4. The van der Waals surface area contributed by atoms with E-state index in [4.69, 9.17) is 0 Å². The molecule has 0 aromatic carbocycles. The molecule has 0 aliphatic carbocycles. The zero-order chi connectivity index (χ0) is 14.6. The third-order valence-electron chi connectivity index (χ3n) is 2.52. The molecule has 1 fully saturated rings. The lowest BCUT2D eigenvalue weighted by Crippen LogP contribution is -2.53. The fraction of sp³-hybridized carbons (Fsp3) is 1.00. The Morgan fingerprint density at radius 3 is 1.61 bits per heavy atom. The normalized spacial score (nSPS) is 33.7. The van der Waals surface area contributed by atoms with Crippen molar-refractivity contribution in [3.63, 3.8) is 0 Å². The summed E-state index contributed by atoms with van der Waals surface area (Å²) in [7, 11) is 0. The van der Waals surface area contributed by atoms with Crippen molar-refractivity contribution in [3.05, 3.63) is 0 Å². The number of ether oxygens (including phenoxy) is 1. The number of hydrogen-bond donors (Lipinski definition) is 0. The molecular formula is C8H7F9O. The van der Waals surface area contributed by atoms with E-state index in [1.807, 2.05) is 0 Å². The summed E-state index contributed by atoms with van der Waals surface area (Å²) in [4.78, 5) is 0. The van der Waals surface area contributed by atoms with E-state index in [0.29, 0.717) is 0 Å². The molecule has 0 saturated carbocycles. The largest absolute Gasteiger partial charge is 0.428 e. The Kier molecular flexibility index (Phi) is 3.14. The van der Waals surface area contributed by atoms with E-state index in [9.17, 15) is 39.5 Å². The standard InChI is InChI=1S/C8H7F9O/c1-2-4(9,10)3-5(11)6(12,13)7(14,15)8(16,17)18-5/h2-3H2,1H3. The molecule has 0 bridgehead atoms. The fourth-order valence-electron chi connectivity index (χ4n) is 1.35. The van der Waals surface area contributed by atoms with Gasteiger partial charge in [-0.3, -0.25) is 4.74 Å². The predicted molar refractivity (Wildman–Crippen MR) is 39.6 cm³/mol. The van der Waals surface area contributed by atoms with Crippen molar-refractivity contribution in [2.75, 3.05) is 0 Å². The molecule has 108 valence electrons. The van der Waals surface area contributed by atoms with Crippen LogP contribution in [0.1, 0.15) is 19.8 Å². The summed E-state index contributed by atoms with van der Waals surface area (Å²) in [6.45, 7) is 0.743. The minimum Gasteiger partial charge on any atom is -0.271 e. The highest BCUT2D eigenvalue weighted by Crippen LogP contribution is 2.62. The first-order chi connectivity index (χ1) is 7.72. The maximum absolute atomic E-state index is 13.4. The molecule has 0 radical (unpaired) electrons. The van der Waals surface area contributed by atoms with Gasteiger partial charge in [0.15, 0.2) is 0 Å². The summed E-state index contributed by atoms with van der Waals surface area (Å²) in [6, 6.07) is 0. The monoisotopic (exact) mass is 290 g/mol. The first-order valence-electron chi connectivity index (χ1n) is 4.63. The molecule has 1 saturated heterocycles. The van der Waals surface area contributed by atoms with Crippen LogP contribution in [0.25, 0.3) is 0 Å². The smallest absolute Gasteiger partial charge is 0.271 e. The Morgan fingerprint density at radius 1 is 0.889 bits per heavy atom. The van der Waals surface area contributed by atoms with E-state index < -0.39 is 42.6 Å². The van der Waals surface area contributed by atoms with E-state index in [1.165, 1.54) is 0 Å². The molecule has 1 rings (SSSR count). The highest BCUT2D eigenvalue weighted by Gasteiger charge is 2.90. The summed E-state index contributed by atoms with van der Waals surface area (Å²) < 4.78 is 117. The highest BCUT2D eigenvalue weighted by atomic mass is 19.4. The molecule has 1 unspecified atom stereocenters. The third-order valence-corrected chi connectivity index (χ3v) is 2.52. The van der Waals surface area contributed by atoms with Gasteiger partial charge in [0, 0.05) is 6.42 Å². The van der Waals surface area contributed by atoms with Crippen LogP contribution in [0.15, 0.2) is 0 Å². The van der Waals surface area contributed by atoms with Crippen molar-refractivity contribution < 1.29 is 44.3 Å². The molecule has 1 aliphatic rings. The second kappa shape index (κ2) is 3.67. The van der Waals surface area contributed by atoms with Gasteiger partial charge >= 0.3 is 18.0 Å². The summed E-state index contributed by atoms with van der Waals surface area (Å²) >= 11 is 0. The van der Waals surface area contributed by atoms with Gasteiger partial charge in [-0.15, -0.1) is 0 Å². The molecule has 0 N–H and O–H groups in total. The van der Waals surface area contributed by atoms with Crippen molar-refractivity contribution in [2.24, 2.45) is 0 Å². The minimum atomic E-state index is -6.21. The van der Waals surface area contributed by atoms with Crippen LogP contribution < -0.4 is 0 Å². The van der Waals surface area contributed by atoms with Crippen molar-refractivity contribution in [1.29, 1.82) is 0 Å². The van der Waals surface area contributed by atoms with Crippen LogP contribution >= 0.6 is 0 Å². The van der Waals surface area contributed by atoms with E-state index in [0.717, 1.165) is 6.92 Å². The van der Waals surface area contributed by atoms with Crippen LogP contribution in [-0.2, 0) is 4.74 Å². The second-order valence-electron chi connectivity index (χ2n) is 3.88. The molecule has 10 heteroatoms. The highest BCUT2D eigenvalue weighted by molar-refractivity contribution is 5.09. The topological polar surface area (TPSA) is 9.23 Å². The first-order valence-corrected chi connectivity index (χ1v) is 4.63. The zero-order valence-corrected chi connectivity index (χ0v) is 8.72. The number of halogens is 9. The molecule has 0 spiro atoms. The molecule has 1 atom stereocenters. The third kappa shape index (κ3) is 1.84. The average Bonchev–Trinajstić information content (AvgIpc) is 2.22. The maximum Gasteiger partial charge on any atom is 0.428 e.